The van der Waals surface area contributed by atoms with Gasteiger partial charge in [0, 0.05) is 17.1 Å². The molecule has 0 spiro atoms. The first kappa shape index (κ1) is 41.4. The quantitative estimate of drug-likeness (QED) is 0.124. The summed E-state index contributed by atoms with van der Waals surface area (Å²) in [6.07, 6.45) is 0. The second-order valence-corrected chi connectivity index (χ2v) is 17.6. The average molecular weight is 878 g/mol. The minimum absolute atomic E-state index is 1.08. The molecule has 12 aromatic carbocycles. The fourth-order valence-corrected chi connectivity index (χ4v) is 10.1. The molecule has 324 valence electrons. The highest BCUT2D eigenvalue weighted by molar-refractivity contribution is 6.24. The van der Waals surface area contributed by atoms with Gasteiger partial charge in [-0.1, -0.05) is 249 Å². The molecule has 0 aromatic heterocycles. The molecule has 0 N–H and O–H groups in total. The maximum Gasteiger partial charge on any atom is 0.0462 e. The Morgan fingerprint density at radius 3 is 0.870 bits per heavy atom. The fourth-order valence-electron chi connectivity index (χ4n) is 10.1. The fraction of sp³-hybridized carbons (Fsp3) is 0. The molecule has 0 unspecified atom stereocenters. The topological polar surface area (TPSA) is 3.24 Å². The minimum atomic E-state index is 1.08. The molecule has 1 heteroatoms. The second kappa shape index (κ2) is 18.3. The first-order chi connectivity index (χ1) is 34.2. The Hall–Kier alpha value is -9.04. The van der Waals surface area contributed by atoms with Crippen LogP contribution < -0.4 is 4.90 Å². The van der Waals surface area contributed by atoms with Gasteiger partial charge in [-0.05, 0) is 136 Å². The van der Waals surface area contributed by atoms with E-state index in [1.54, 1.807) is 0 Å². The lowest BCUT2D eigenvalue weighted by atomic mass is 9.82. The zero-order valence-corrected chi connectivity index (χ0v) is 38.1. The molecule has 0 saturated carbocycles. The lowest BCUT2D eigenvalue weighted by Gasteiger charge is -2.26. The number of benzene rings is 12. The van der Waals surface area contributed by atoms with E-state index in [0.29, 0.717) is 0 Å². The summed E-state index contributed by atoms with van der Waals surface area (Å²) in [4.78, 5) is 2.37. The number of fused-ring (bicyclic) bond motifs is 3. The summed E-state index contributed by atoms with van der Waals surface area (Å²) in [5, 5.41) is 5.01. The summed E-state index contributed by atoms with van der Waals surface area (Å²) >= 11 is 0. The van der Waals surface area contributed by atoms with E-state index in [9.17, 15) is 0 Å². The predicted molar refractivity (Wildman–Crippen MR) is 294 cm³/mol. The molecule has 0 fully saturated rings. The standard InChI is InChI=1S/C68H47N/c1-5-16-48(17-6-1)50-28-32-52(33-29-50)54-36-42-59(43-37-54)69(60-44-38-55(39-45-60)53-34-30-51(31-35-53)49-18-7-2-8-19-49)61-46-40-56(41-47-61)62-26-15-27-65-63-24-13-14-25-64(63)66(57-20-9-3-10-21-57)67(68(62)65)58-22-11-4-12-23-58/h1-47H. The van der Waals surface area contributed by atoms with Crippen LogP contribution in [-0.4, -0.2) is 0 Å². The summed E-state index contributed by atoms with van der Waals surface area (Å²) in [6, 6.07) is 103. The van der Waals surface area contributed by atoms with Crippen LogP contribution in [0, 0.1) is 0 Å². The Balaban J connectivity index is 0.955. The van der Waals surface area contributed by atoms with Gasteiger partial charge in [0.05, 0.1) is 0 Å². The van der Waals surface area contributed by atoms with E-state index in [1.807, 2.05) is 0 Å². The van der Waals surface area contributed by atoms with Crippen molar-refractivity contribution in [3.8, 4) is 77.9 Å². The van der Waals surface area contributed by atoms with Crippen molar-refractivity contribution in [2.75, 3.05) is 4.90 Å². The summed E-state index contributed by atoms with van der Waals surface area (Å²) in [6.45, 7) is 0. The summed E-state index contributed by atoms with van der Waals surface area (Å²) in [5.41, 5.74) is 20.1. The lowest BCUT2D eigenvalue weighted by Crippen LogP contribution is -2.09. The third kappa shape index (κ3) is 8.07. The van der Waals surface area contributed by atoms with Crippen LogP contribution in [0.25, 0.3) is 99.4 Å². The smallest absolute Gasteiger partial charge is 0.0462 e. The molecule has 0 amide bonds. The monoisotopic (exact) mass is 877 g/mol. The SMILES string of the molecule is c1ccc(-c2ccc(-c3ccc(N(c4ccc(-c5ccc(-c6ccccc6)cc5)cc4)c4ccc(-c5cccc6c5c(-c5ccccc5)c(-c5ccccc5)c5ccccc56)cc4)cc3)cc2)cc1. The largest absolute Gasteiger partial charge is 0.311 e. The molecule has 0 bridgehead atoms. The number of nitrogens with zero attached hydrogens (tertiary/aromatic N) is 1. The van der Waals surface area contributed by atoms with E-state index in [2.05, 4.69) is 290 Å². The third-order valence-corrected chi connectivity index (χ3v) is 13.5. The maximum absolute atomic E-state index is 2.37. The van der Waals surface area contributed by atoms with Crippen molar-refractivity contribution in [2.24, 2.45) is 0 Å². The number of hydrogen-bond acceptors (Lipinski definition) is 1. The zero-order valence-electron chi connectivity index (χ0n) is 38.1. The maximum atomic E-state index is 2.37. The van der Waals surface area contributed by atoms with Gasteiger partial charge in [0.15, 0.2) is 0 Å². The number of rotatable bonds is 10. The highest BCUT2D eigenvalue weighted by atomic mass is 15.1. The number of hydrogen-bond donors (Lipinski definition) is 0. The summed E-state index contributed by atoms with van der Waals surface area (Å²) in [7, 11) is 0. The van der Waals surface area contributed by atoms with Crippen molar-refractivity contribution in [1.82, 2.24) is 0 Å². The molecular formula is C68H47N. The lowest BCUT2D eigenvalue weighted by molar-refractivity contribution is 1.28. The van der Waals surface area contributed by atoms with Gasteiger partial charge >= 0.3 is 0 Å². The molecule has 0 atom stereocenters. The first-order valence-electron chi connectivity index (χ1n) is 23.7. The van der Waals surface area contributed by atoms with Crippen LogP contribution in [0.5, 0.6) is 0 Å². The van der Waals surface area contributed by atoms with E-state index < -0.39 is 0 Å². The Labute approximate surface area is 404 Å². The summed E-state index contributed by atoms with van der Waals surface area (Å²) in [5.74, 6) is 0. The van der Waals surface area contributed by atoms with Crippen molar-refractivity contribution < 1.29 is 0 Å². The minimum Gasteiger partial charge on any atom is -0.311 e. The molecule has 0 heterocycles. The molecule has 0 aliphatic heterocycles. The van der Waals surface area contributed by atoms with Gasteiger partial charge in [0.25, 0.3) is 0 Å². The molecule has 1 nitrogen and oxygen atoms in total. The Bertz CT molecular complexity index is 3550. The van der Waals surface area contributed by atoms with Crippen LogP contribution >= 0.6 is 0 Å². The van der Waals surface area contributed by atoms with Gasteiger partial charge in [0.2, 0.25) is 0 Å². The molecule has 0 radical (unpaired) electrons. The molecule has 0 aliphatic rings. The average Bonchev–Trinajstić information content (AvgIpc) is 3.44. The van der Waals surface area contributed by atoms with Crippen LogP contribution in [-0.2, 0) is 0 Å². The van der Waals surface area contributed by atoms with Crippen molar-refractivity contribution in [3.63, 3.8) is 0 Å². The van der Waals surface area contributed by atoms with Gasteiger partial charge in [-0.3, -0.25) is 0 Å². The van der Waals surface area contributed by atoms with Gasteiger partial charge in [-0.2, -0.15) is 0 Å². The van der Waals surface area contributed by atoms with Gasteiger partial charge in [0.1, 0.15) is 0 Å². The Morgan fingerprint density at radius 1 is 0.174 bits per heavy atom. The van der Waals surface area contributed by atoms with Gasteiger partial charge < -0.3 is 4.90 Å². The molecule has 69 heavy (non-hydrogen) atoms. The molecular weight excluding hydrogens is 831 g/mol. The normalized spacial score (nSPS) is 11.2. The van der Waals surface area contributed by atoms with Crippen molar-refractivity contribution in [1.29, 1.82) is 0 Å². The number of anilines is 3. The van der Waals surface area contributed by atoms with E-state index >= 15 is 0 Å². The van der Waals surface area contributed by atoms with Crippen LogP contribution in [0.2, 0.25) is 0 Å². The van der Waals surface area contributed by atoms with Crippen LogP contribution in [0.15, 0.2) is 285 Å². The Morgan fingerprint density at radius 2 is 0.464 bits per heavy atom. The molecule has 0 aliphatic carbocycles. The highest BCUT2D eigenvalue weighted by Crippen LogP contribution is 2.48. The second-order valence-electron chi connectivity index (χ2n) is 17.6. The molecule has 12 aromatic rings. The van der Waals surface area contributed by atoms with E-state index in [-0.39, 0.29) is 0 Å². The molecule has 0 saturated heterocycles. The van der Waals surface area contributed by atoms with E-state index in [1.165, 1.54) is 99.4 Å². The zero-order chi connectivity index (χ0) is 45.9. The Kier molecular flexibility index (Phi) is 11.0. The first-order valence-corrected chi connectivity index (χ1v) is 23.7. The van der Waals surface area contributed by atoms with E-state index in [0.717, 1.165) is 17.1 Å². The highest BCUT2D eigenvalue weighted by Gasteiger charge is 2.21. The van der Waals surface area contributed by atoms with Crippen molar-refractivity contribution >= 4 is 38.6 Å². The van der Waals surface area contributed by atoms with Crippen LogP contribution in [0.4, 0.5) is 17.1 Å². The van der Waals surface area contributed by atoms with Crippen LogP contribution in [0.1, 0.15) is 0 Å². The van der Waals surface area contributed by atoms with E-state index in [4.69, 9.17) is 0 Å². The van der Waals surface area contributed by atoms with Gasteiger partial charge in [-0.25, -0.2) is 0 Å². The van der Waals surface area contributed by atoms with Crippen molar-refractivity contribution in [2.45, 2.75) is 0 Å². The predicted octanol–water partition coefficient (Wildman–Crippen LogP) is 19.1. The van der Waals surface area contributed by atoms with Gasteiger partial charge in [-0.15, -0.1) is 0 Å². The van der Waals surface area contributed by atoms with Crippen LogP contribution in [0.3, 0.4) is 0 Å². The summed E-state index contributed by atoms with van der Waals surface area (Å²) < 4.78 is 0. The molecule has 12 rings (SSSR count). The third-order valence-electron chi connectivity index (χ3n) is 13.5. The van der Waals surface area contributed by atoms with Crippen molar-refractivity contribution in [3.05, 3.63) is 285 Å².